The Kier molecular flexibility index (Phi) is 2.56. The third kappa shape index (κ3) is 1.96. The monoisotopic (exact) mass is 213 g/mol. The van der Waals surface area contributed by atoms with Gasteiger partial charge in [0.1, 0.15) is 0 Å². The van der Waals surface area contributed by atoms with Gasteiger partial charge in [-0.3, -0.25) is 4.57 Å². The van der Waals surface area contributed by atoms with E-state index in [0.29, 0.717) is 10.7 Å². The number of nitrogens with one attached hydrogen (secondary N) is 1. The highest BCUT2D eigenvalue weighted by Gasteiger charge is 2.25. The highest BCUT2D eigenvalue weighted by molar-refractivity contribution is 7.71. The summed E-state index contributed by atoms with van der Waals surface area (Å²) in [5, 5.41) is 6.54. The third-order valence-corrected chi connectivity index (χ3v) is 2.95. The molecule has 1 aliphatic carbocycles. The Morgan fingerprint density at radius 2 is 2.43 bits per heavy atom. The van der Waals surface area contributed by atoms with Crippen LogP contribution < -0.4 is 5.73 Å². The van der Waals surface area contributed by atoms with Crippen molar-refractivity contribution in [3.63, 3.8) is 0 Å². The number of aromatic amines is 1. The Labute approximate surface area is 87.9 Å². The van der Waals surface area contributed by atoms with E-state index in [-0.39, 0.29) is 0 Å². The van der Waals surface area contributed by atoms with Crippen LogP contribution in [0.3, 0.4) is 0 Å². The molecule has 1 fully saturated rings. The van der Waals surface area contributed by atoms with Gasteiger partial charge in [-0.1, -0.05) is 0 Å². The molecule has 0 radical (unpaired) electrons. The van der Waals surface area contributed by atoms with Crippen LogP contribution in [0, 0.1) is 4.77 Å². The van der Waals surface area contributed by atoms with E-state index in [4.69, 9.17) is 18.0 Å². The third-order valence-electron chi connectivity index (χ3n) is 2.63. The Bertz CT molecular complexity index is 364. The van der Waals surface area contributed by atoms with E-state index in [9.17, 15) is 0 Å². The molecule has 0 unspecified atom stereocenters. The number of anilines is 1. The van der Waals surface area contributed by atoms with Crippen LogP contribution in [-0.2, 0) is 6.54 Å². The highest BCUT2D eigenvalue weighted by Crippen LogP contribution is 2.24. The maximum absolute atomic E-state index is 5.65. The van der Waals surface area contributed by atoms with E-state index in [1.807, 2.05) is 4.57 Å². The summed E-state index contributed by atoms with van der Waals surface area (Å²) in [6.45, 7) is 1.79. The molecule has 1 aromatic heterocycles. The van der Waals surface area contributed by atoms with Crippen LogP contribution in [0.2, 0.25) is 0 Å². The zero-order chi connectivity index (χ0) is 10.1. The quantitative estimate of drug-likeness (QED) is 0.720. The van der Waals surface area contributed by atoms with Gasteiger partial charge in [-0.05, 0) is 32.1 Å². The molecule has 14 heavy (non-hydrogen) atoms. The molecule has 5 nitrogen and oxygen atoms in total. The topological polar surface area (TPSA) is 62.9 Å². The molecule has 0 atom stereocenters. The van der Waals surface area contributed by atoms with Gasteiger partial charge in [0.15, 0.2) is 4.77 Å². The number of rotatable bonds is 4. The van der Waals surface area contributed by atoms with E-state index in [2.05, 4.69) is 22.1 Å². The first kappa shape index (κ1) is 9.67. The summed E-state index contributed by atoms with van der Waals surface area (Å²) in [4.78, 5) is 2.34. The van der Waals surface area contributed by atoms with Gasteiger partial charge in [-0.2, -0.15) is 0 Å². The van der Waals surface area contributed by atoms with Crippen molar-refractivity contribution < 1.29 is 0 Å². The van der Waals surface area contributed by atoms with Crippen LogP contribution in [0.15, 0.2) is 0 Å². The summed E-state index contributed by atoms with van der Waals surface area (Å²) in [6.07, 6.45) is 2.64. The summed E-state index contributed by atoms with van der Waals surface area (Å²) in [6, 6.07) is 0.775. The van der Waals surface area contributed by atoms with Gasteiger partial charge in [0.2, 0.25) is 5.95 Å². The molecular formula is C8H15N5S. The maximum Gasteiger partial charge on any atom is 0.220 e. The second-order valence-corrected chi connectivity index (χ2v) is 4.14. The molecular weight excluding hydrogens is 198 g/mol. The van der Waals surface area contributed by atoms with Crippen molar-refractivity contribution in [1.29, 1.82) is 0 Å². The van der Waals surface area contributed by atoms with Crippen molar-refractivity contribution in [3.05, 3.63) is 4.77 Å². The van der Waals surface area contributed by atoms with E-state index >= 15 is 0 Å². The molecule has 0 saturated heterocycles. The second-order valence-electron chi connectivity index (χ2n) is 3.75. The predicted octanol–water partition coefficient (Wildman–Crippen LogP) is 0.617. The number of aromatic nitrogens is 3. The minimum absolute atomic E-state index is 0.471. The summed E-state index contributed by atoms with van der Waals surface area (Å²) in [5.74, 6) is 0.471. The number of nitrogens with zero attached hydrogens (tertiary/aromatic N) is 3. The largest absolute Gasteiger partial charge is 0.368 e. The van der Waals surface area contributed by atoms with Crippen molar-refractivity contribution in [1.82, 2.24) is 19.7 Å². The highest BCUT2D eigenvalue weighted by atomic mass is 32.1. The van der Waals surface area contributed by atoms with Crippen molar-refractivity contribution in [3.8, 4) is 0 Å². The van der Waals surface area contributed by atoms with Crippen LogP contribution >= 0.6 is 12.2 Å². The predicted molar refractivity (Wildman–Crippen MR) is 57.5 cm³/mol. The molecule has 0 aromatic carbocycles. The Balaban J connectivity index is 1.93. The van der Waals surface area contributed by atoms with Crippen LogP contribution in [0.25, 0.3) is 0 Å². The van der Waals surface area contributed by atoms with Crippen LogP contribution in [0.5, 0.6) is 0 Å². The Morgan fingerprint density at radius 3 is 2.93 bits per heavy atom. The normalized spacial score (nSPS) is 16.4. The number of nitrogens with two attached hydrogens (primary N) is 1. The second kappa shape index (κ2) is 3.70. The summed E-state index contributed by atoms with van der Waals surface area (Å²) < 4.78 is 2.43. The molecule has 1 saturated carbocycles. The number of nitrogen functional groups attached to an aromatic ring is 1. The van der Waals surface area contributed by atoms with Gasteiger partial charge < -0.3 is 10.6 Å². The first-order valence-corrected chi connectivity index (χ1v) is 5.20. The molecule has 6 heteroatoms. The van der Waals surface area contributed by atoms with Gasteiger partial charge in [0, 0.05) is 19.1 Å². The van der Waals surface area contributed by atoms with Crippen molar-refractivity contribution in [2.75, 3.05) is 19.3 Å². The molecule has 0 amide bonds. The number of hydrogen-bond acceptors (Lipinski definition) is 4. The minimum Gasteiger partial charge on any atom is -0.368 e. The average Bonchev–Trinajstić information content (AvgIpc) is 2.93. The summed E-state index contributed by atoms with van der Waals surface area (Å²) >= 11 is 5.05. The van der Waals surface area contributed by atoms with E-state index in [1.54, 1.807) is 0 Å². The molecule has 1 aromatic rings. The lowest BCUT2D eigenvalue weighted by atomic mass is 10.5. The van der Waals surface area contributed by atoms with Gasteiger partial charge in [0.25, 0.3) is 0 Å². The fourth-order valence-electron chi connectivity index (χ4n) is 1.50. The molecule has 0 aliphatic heterocycles. The summed E-state index contributed by atoms with van der Waals surface area (Å²) in [5.41, 5.74) is 5.65. The Hall–Kier alpha value is -0.880. The lowest BCUT2D eigenvalue weighted by molar-refractivity contribution is 0.309. The molecule has 1 aliphatic rings. The molecule has 0 bridgehead atoms. The zero-order valence-corrected chi connectivity index (χ0v) is 9.05. The molecule has 2 rings (SSSR count). The van der Waals surface area contributed by atoms with E-state index < -0.39 is 0 Å². The fourth-order valence-corrected chi connectivity index (χ4v) is 1.73. The zero-order valence-electron chi connectivity index (χ0n) is 8.23. The SMILES string of the molecule is CN(CCn1c(N)n[nH]c1=S)C1CC1. The lowest BCUT2D eigenvalue weighted by Gasteiger charge is -2.15. The molecule has 3 N–H and O–H groups in total. The average molecular weight is 213 g/mol. The van der Waals surface area contributed by atoms with Crippen LogP contribution in [0.1, 0.15) is 12.8 Å². The van der Waals surface area contributed by atoms with Gasteiger partial charge in [-0.25, -0.2) is 5.10 Å². The van der Waals surface area contributed by atoms with E-state index in [1.165, 1.54) is 12.8 Å². The van der Waals surface area contributed by atoms with Crippen molar-refractivity contribution in [2.24, 2.45) is 0 Å². The molecule has 0 spiro atoms. The number of H-pyrrole nitrogens is 1. The van der Waals surface area contributed by atoms with Gasteiger partial charge >= 0.3 is 0 Å². The Morgan fingerprint density at radius 1 is 1.71 bits per heavy atom. The van der Waals surface area contributed by atoms with Gasteiger partial charge in [0.05, 0.1) is 0 Å². The molecule has 78 valence electrons. The minimum atomic E-state index is 0.471. The van der Waals surface area contributed by atoms with Crippen molar-refractivity contribution in [2.45, 2.75) is 25.4 Å². The maximum atomic E-state index is 5.65. The number of hydrogen-bond donors (Lipinski definition) is 2. The van der Waals surface area contributed by atoms with E-state index in [0.717, 1.165) is 19.1 Å². The molecule has 1 heterocycles. The van der Waals surface area contributed by atoms with Gasteiger partial charge in [-0.15, -0.1) is 5.10 Å². The first-order chi connectivity index (χ1) is 6.68. The first-order valence-electron chi connectivity index (χ1n) is 4.79. The lowest BCUT2D eigenvalue weighted by Crippen LogP contribution is -2.25. The smallest absolute Gasteiger partial charge is 0.220 e. The standard InChI is InChI=1S/C8H15N5S/c1-12(6-2-3-6)4-5-13-7(9)10-11-8(13)14/h6H,2-5H2,1H3,(H2,9,10)(H,11,14). The fraction of sp³-hybridized carbons (Fsp3) is 0.750. The van der Waals surface area contributed by atoms with Crippen LogP contribution in [0.4, 0.5) is 5.95 Å². The summed E-state index contributed by atoms with van der Waals surface area (Å²) in [7, 11) is 2.14. The van der Waals surface area contributed by atoms with Crippen LogP contribution in [-0.4, -0.2) is 39.3 Å². The number of likely N-dealkylation sites (N-methyl/N-ethyl adjacent to an activating group) is 1. The van der Waals surface area contributed by atoms with Crippen molar-refractivity contribution >= 4 is 18.2 Å².